The molecule has 0 unspecified atom stereocenters. The number of thiophene rings is 1. The minimum atomic E-state index is 0.102. The second kappa shape index (κ2) is 10.9. The summed E-state index contributed by atoms with van der Waals surface area (Å²) < 4.78 is 0. The van der Waals surface area contributed by atoms with Crippen molar-refractivity contribution in [3.63, 3.8) is 0 Å². The van der Waals surface area contributed by atoms with Crippen LogP contribution >= 0.6 is 11.3 Å². The molecular formula is C16H30N2OS. The number of hydrogen-bond donors (Lipinski definition) is 1. The molecule has 3 nitrogen and oxygen atoms in total. The number of carbonyl (C=O) groups is 1. The fraction of sp³-hybridized carbons (Fsp3) is 0.688. The van der Waals surface area contributed by atoms with Gasteiger partial charge in [-0.05, 0) is 31.1 Å². The fourth-order valence-corrected chi connectivity index (χ4v) is 3.17. The Kier molecular flexibility index (Phi) is 10.4. The molecule has 0 aliphatic carbocycles. The van der Waals surface area contributed by atoms with Crippen molar-refractivity contribution in [1.82, 2.24) is 10.2 Å². The third-order valence-electron chi connectivity index (χ3n) is 2.87. The average Bonchev–Trinajstić information content (AvgIpc) is 3.05. The molecule has 1 N–H and O–H groups in total. The molecule has 1 aliphatic rings. The molecule has 1 aliphatic heterocycles. The zero-order valence-electron chi connectivity index (χ0n) is 13.9. The molecule has 0 saturated carbocycles. The van der Waals surface area contributed by atoms with Gasteiger partial charge in [0.05, 0.1) is 4.88 Å². The third kappa shape index (κ3) is 5.25. The van der Waals surface area contributed by atoms with Crippen molar-refractivity contribution in [2.45, 2.75) is 61.1 Å². The van der Waals surface area contributed by atoms with Gasteiger partial charge in [0.25, 0.3) is 5.91 Å². The number of nitrogens with zero attached hydrogens (tertiary/aromatic N) is 1. The van der Waals surface area contributed by atoms with Crippen molar-refractivity contribution >= 4 is 17.2 Å². The van der Waals surface area contributed by atoms with Gasteiger partial charge in [-0.15, -0.1) is 11.3 Å². The zero-order valence-corrected chi connectivity index (χ0v) is 14.7. The predicted molar refractivity (Wildman–Crippen MR) is 89.4 cm³/mol. The first-order valence-corrected chi connectivity index (χ1v) is 8.68. The maximum Gasteiger partial charge on any atom is 0.261 e. The summed E-state index contributed by atoms with van der Waals surface area (Å²) >= 11 is 1.65. The first-order valence-electron chi connectivity index (χ1n) is 7.86. The maximum atomic E-state index is 11.4. The van der Waals surface area contributed by atoms with Crippen LogP contribution in [0, 0.1) is 0 Å². The van der Waals surface area contributed by atoms with Crippen LogP contribution in [0.5, 0.6) is 0 Å². The van der Waals surface area contributed by atoms with Gasteiger partial charge >= 0.3 is 0 Å². The first-order chi connectivity index (χ1) is 9.74. The van der Waals surface area contributed by atoms with E-state index in [1.807, 2.05) is 27.7 Å². The Hall–Kier alpha value is -0.870. The van der Waals surface area contributed by atoms with E-state index in [0.29, 0.717) is 6.54 Å². The van der Waals surface area contributed by atoms with Gasteiger partial charge in [-0.2, -0.15) is 0 Å². The van der Waals surface area contributed by atoms with E-state index in [9.17, 15) is 4.79 Å². The SMILES string of the molecule is CC.CC.CCCN(CC)Cc1cc2c(s1)C(=O)NC2. The Morgan fingerprint density at radius 3 is 2.40 bits per heavy atom. The second-order valence-corrected chi connectivity index (χ2v) is 5.26. The lowest BCUT2D eigenvalue weighted by molar-refractivity contribution is 0.0969. The summed E-state index contributed by atoms with van der Waals surface area (Å²) in [5.41, 5.74) is 1.18. The fourth-order valence-electron chi connectivity index (χ4n) is 2.03. The summed E-state index contributed by atoms with van der Waals surface area (Å²) in [6.45, 7) is 16.3. The first kappa shape index (κ1) is 19.1. The molecule has 0 atom stereocenters. The van der Waals surface area contributed by atoms with Crippen LogP contribution in [-0.4, -0.2) is 23.9 Å². The van der Waals surface area contributed by atoms with Crippen LogP contribution in [-0.2, 0) is 13.1 Å². The summed E-state index contributed by atoms with van der Waals surface area (Å²) in [6.07, 6.45) is 1.18. The molecule has 0 saturated heterocycles. The van der Waals surface area contributed by atoms with E-state index in [4.69, 9.17) is 0 Å². The van der Waals surface area contributed by atoms with Gasteiger partial charge < -0.3 is 5.32 Å². The van der Waals surface area contributed by atoms with Crippen LogP contribution in [0.15, 0.2) is 6.07 Å². The van der Waals surface area contributed by atoms with E-state index in [1.165, 1.54) is 16.9 Å². The Morgan fingerprint density at radius 1 is 1.25 bits per heavy atom. The van der Waals surface area contributed by atoms with E-state index in [0.717, 1.165) is 24.5 Å². The van der Waals surface area contributed by atoms with Crippen molar-refractivity contribution in [2.24, 2.45) is 0 Å². The molecule has 20 heavy (non-hydrogen) atoms. The molecule has 4 heteroatoms. The highest BCUT2D eigenvalue weighted by molar-refractivity contribution is 7.14. The van der Waals surface area contributed by atoms with Gasteiger partial charge in [-0.25, -0.2) is 0 Å². The molecule has 0 aromatic carbocycles. The minimum absolute atomic E-state index is 0.102. The lowest BCUT2D eigenvalue weighted by Crippen LogP contribution is -2.23. The summed E-state index contributed by atoms with van der Waals surface area (Å²) in [4.78, 5) is 16.1. The van der Waals surface area contributed by atoms with Gasteiger partial charge in [-0.3, -0.25) is 9.69 Å². The highest BCUT2D eigenvalue weighted by Gasteiger charge is 2.22. The number of nitrogens with one attached hydrogen (secondary N) is 1. The standard InChI is InChI=1S/C12H18N2OS.2C2H6/c1-3-5-14(4-2)8-10-6-9-7-13-12(15)11(9)16-10;2*1-2/h6H,3-5,7-8H2,1-2H3,(H,13,15);2*1-2H3. The molecule has 2 heterocycles. The molecule has 1 aromatic heterocycles. The maximum absolute atomic E-state index is 11.4. The van der Waals surface area contributed by atoms with E-state index in [2.05, 4.69) is 30.1 Å². The monoisotopic (exact) mass is 298 g/mol. The summed E-state index contributed by atoms with van der Waals surface area (Å²) in [5.74, 6) is 0.102. The molecule has 0 radical (unpaired) electrons. The molecule has 0 bridgehead atoms. The molecule has 1 amide bonds. The second-order valence-electron chi connectivity index (χ2n) is 4.12. The van der Waals surface area contributed by atoms with E-state index in [-0.39, 0.29) is 5.91 Å². The average molecular weight is 298 g/mol. The lowest BCUT2D eigenvalue weighted by Gasteiger charge is -2.18. The Bertz CT molecular complexity index is 388. The van der Waals surface area contributed by atoms with E-state index < -0.39 is 0 Å². The summed E-state index contributed by atoms with van der Waals surface area (Å²) in [6, 6.07) is 2.18. The van der Waals surface area contributed by atoms with Gasteiger partial charge in [-0.1, -0.05) is 41.5 Å². The van der Waals surface area contributed by atoms with Crippen LogP contribution in [0.25, 0.3) is 0 Å². The number of rotatable bonds is 5. The predicted octanol–water partition coefficient (Wildman–Crippen LogP) is 4.28. The third-order valence-corrected chi connectivity index (χ3v) is 4.03. The van der Waals surface area contributed by atoms with Crippen molar-refractivity contribution < 1.29 is 4.79 Å². The number of carbonyl (C=O) groups excluding carboxylic acids is 1. The minimum Gasteiger partial charge on any atom is -0.347 e. The van der Waals surface area contributed by atoms with E-state index in [1.54, 1.807) is 11.3 Å². The zero-order chi connectivity index (χ0) is 15.5. The summed E-state index contributed by atoms with van der Waals surface area (Å²) in [7, 11) is 0. The van der Waals surface area contributed by atoms with E-state index >= 15 is 0 Å². The molecule has 1 aromatic rings. The van der Waals surface area contributed by atoms with Crippen LogP contribution in [0.2, 0.25) is 0 Å². The number of amides is 1. The molecule has 0 fully saturated rings. The summed E-state index contributed by atoms with van der Waals surface area (Å²) in [5, 5.41) is 2.84. The van der Waals surface area contributed by atoms with Crippen molar-refractivity contribution in [3.05, 3.63) is 21.4 Å². The van der Waals surface area contributed by atoms with Crippen LogP contribution < -0.4 is 5.32 Å². The number of fused-ring (bicyclic) bond motifs is 1. The van der Waals surface area contributed by atoms with Crippen LogP contribution in [0.4, 0.5) is 0 Å². The van der Waals surface area contributed by atoms with Gasteiger partial charge in [0.2, 0.25) is 0 Å². The Labute approximate surface area is 128 Å². The van der Waals surface area contributed by atoms with Crippen LogP contribution in [0.1, 0.15) is 68.1 Å². The smallest absolute Gasteiger partial charge is 0.261 e. The molecule has 116 valence electrons. The van der Waals surface area contributed by atoms with Crippen molar-refractivity contribution in [2.75, 3.05) is 13.1 Å². The van der Waals surface area contributed by atoms with Crippen molar-refractivity contribution in [1.29, 1.82) is 0 Å². The largest absolute Gasteiger partial charge is 0.347 e. The Morgan fingerprint density at radius 2 is 1.90 bits per heavy atom. The molecular weight excluding hydrogens is 268 g/mol. The molecule has 0 spiro atoms. The highest BCUT2D eigenvalue weighted by atomic mass is 32.1. The normalized spacial score (nSPS) is 12.1. The van der Waals surface area contributed by atoms with Crippen LogP contribution in [0.3, 0.4) is 0 Å². The lowest BCUT2D eigenvalue weighted by atomic mass is 10.2. The van der Waals surface area contributed by atoms with Gasteiger partial charge in [0.15, 0.2) is 0 Å². The van der Waals surface area contributed by atoms with Gasteiger partial charge in [0.1, 0.15) is 0 Å². The van der Waals surface area contributed by atoms with Crippen molar-refractivity contribution in [3.8, 4) is 0 Å². The number of hydrogen-bond acceptors (Lipinski definition) is 3. The molecule has 2 rings (SSSR count). The van der Waals surface area contributed by atoms with Gasteiger partial charge in [0, 0.05) is 18.0 Å². The topological polar surface area (TPSA) is 32.3 Å². The highest BCUT2D eigenvalue weighted by Crippen LogP contribution is 2.27. The Balaban J connectivity index is 0.000000829. The quantitative estimate of drug-likeness (QED) is 0.880.